The van der Waals surface area contributed by atoms with E-state index in [1.54, 1.807) is 43.5 Å². The van der Waals surface area contributed by atoms with Crippen LogP contribution in [0.1, 0.15) is 21.5 Å². The van der Waals surface area contributed by atoms with E-state index in [4.69, 9.17) is 16.3 Å². The molecule has 0 unspecified atom stereocenters. The minimum absolute atomic E-state index is 0.0800. The molecular formula is C20H16ClN3O4. The molecule has 0 saturated heterocycles. The molecule has 0 aliphatic heterocycles. The summed E-state index contributed by atoms with van der Waals surface area (Å²) in [6.45, 7) is 0.295. The molecule has 1 heterocycles. The van der Waals surface area contributed by atoms with Gasteiger partial charge in [0, 0.05) is 16.1 Å². The fraction of sp³-hybridized carbons (Fsp3) is 0.100. The number of carbonyl (C=O) groups is 1. The third-order valence-electron chi connectivity index (χ3n) is 4.02. The van der Waals surface area contributed by atoms with Crippen molar-refractivity contribution in [3.63, 3.8) is 0 Å². The molecule has 0 fully saturated rings. The second-order valence-electron chi connectivity index (χ2n) is 5.93. The first kappa shape index (κ1) is 19.3. The third kappa shape index (κ3) is 4.63. The van der Waals surface area contributed by atoms with Crippen LogP contribution in [0.4, 0.5) is 5.69 Å². The Morgan fingerprint density at radius 3 is 2.68 bits per heavy atom. The lowest BCUT2D eigenvalue weighted by molar-refractivity contribution is -0.385. The first-order valence-corrected chi connectivity index (χ1v) is 8.66. The van der Waals surface area contributed by atoms with Gasteiger partial charge in [0.15, 0.2) is 5.78 Å². The zero-order chi connectivity index (χ0) is 20.1. The smallest absolute Gasteiger partial charge is 0.307 e. The molecule has 28 heavy (non-hydrogen) atoms. The number of aromatic nitrogens is 2. The zero-order valence-corrected chi connectivity index (χ0v) is 15.7. The Morgan fingerprint density at radius 1 is 1.29 bits per heavy atom. The van der Waals surface area contributed by atoms with Crippen molar-refractivity contribution in [3.8, 4) is 5.75 Å². The van der Waals surface area contributed by atoms with Crippen molar-refractivity contribution < 1.29 is 14.5 Å². The lowest BCUT2D eigenvalue weighted by Gasteiger charge is -2.09. The van der Waals surface area contributed by atoms with Crippen LogP contribution < -0.4 is 4.74 Å². The van der Waals surface area contributed by atoms with Crippen LogP contribution in [0.2, 0.25) is 5.02 Å². The van der Waals surface area contributed by atoms with Gasteiger partial charge in [-0.1, -0.05) is 23.7 Å². The van der Waals surface area contributed by atoms with Gasteiger partial charge in [0.25, 0.3) is 0 Å². The van der Waals surface area contributed by atoms with E-state index in [1.807, 2.05) is 12.1 Å². The molecule has 0 spiro atoms. The van der Waals surface area contributed by atoms with Gasteiger partial charge >= 0.3 is 5.69 Å². The molecule has 0 bridgehead atoms. The molecule has 1 aromatic heterocycles. The summed E-state index contributed by atoms with van der Waals surface area (Å²) in [6, 6.07) is 12.1. The normalized spacial score (nSPS) is 10.9. The molecule has 142 valence electrons. The Kier molecular flexibility index (Phi) is 5.86. The SMILES string of the molecule is COc1ccc(/C=C/C(=O)c2ccc(Cl)cc2)cc1Cn1cc([N+](=O)[O-])cn1. The fourth-order valence-corrected chi connectivity index (χ4v) is 2.74. The summed E-state index contributed by atoms with van der Waals surface area (Å²) in [4.78, 5) is 22.6. The number of nitro groups is 1. The van der Waals surface area contributed by atoms with Gasteiger partial charge in [-0.15, -0.1) is 0 Å². The van der Waals surface area contributed by atoms with Crippen LogP contribution in [0.25, 0.3) is 6.08 Å². The summed E-state index contributed by atoms with van der Waals surface area (Å²) in [5.74, 6) is 0.482. The predicted octanol–water partition coefficient (Wildman–Crippen LogP) is 4.40. The second kappa shape index (κ2) is 8.49. The highest BCUT2D eigenvalue weighted by Crippen LogP contribution is 2.22. The fourth-order valence-electron chi connectivity index (χ4n) is 2.62. The molecule has 0 radical (unpaired) electrons. The number of ether oxygens (including phenoxy) is 1. The lowest BCUT2D eigenvalue weighted by Crippen LogP contribution is -2.02. The maximum Gasteiger partial charge on any atom is 0.307 e. The zero-order valence-electron chi connectivity index (χ0n) is 14.9. The van der Waals surface area contributed by atoms with E-state index in [0.29, 0.717) is 22.9 Å². The van der Waals surface area contributed by atoms with Crippen LogP contribution in [-0.4, -0.2) is 27.6 Å². The van der Waals surface area contributed by atoms with Crippen LogP contribution in [-0.2, 0) is 6.54 Å². The van der Waals surface area contributed by atoms with Gasteiger partial charge in [-0.25, -0.2) is 0 Å². The van der Waals surface area contributed by atoms with E-state index in [1.165, 1.54) is 23.2 Å². The maximum atomic E-state index is 12.3. The summed E-state index contributed by atoms with van der Waals surface area (Å²) in [5.41, 5.74) is 2.03. The van der Waals surface area contributed by atoms with Crippen molar-refractivity contribution in [1.82, 2.24) is 9.78 Å². The summed E-state index contributed by atoms with van der Waals surface area (Å²) < 4.78 is 6.82. The molecule has 0 aliphatic carbocycles. The number of nitrogens with zero attached hydrogens (tertiary/aromatic N) is 3. The van der Waals surface area contributed by atoms with Gasteiger partial charge in [-0.2, -0.15) is 5.10 Å². The first-order chi connectivity index (χ1) is 13.5. The molecule has 0 saturated carbocycles. The van der Waals surface area contributed by atoms with Crippen molar-refractivity contribution in [2.45, 2.75) is 6.54 Å². The number of benzene rings is 2. The van der Waals surface area contributed by atoms with E-state index in [-0.39, 0.29) is 11.5 Å². The average molecular weight is 398 g/mol. The number of rotatable bonds is 7. The quantitative estimate of drug-likeness (QED) is 0.255. The number of ketones is 1. The van der Waals surface area contributed by atoms with Crippen LogP contribution in [0.3, 0.4) is 0 Å². The minimum Gasteiger partial charge on any atom is -0.496 e. The monoisotopic (exact) mass is 397 g/mol. The Balaban J connectivity index is 1.80. The summed E-state index contributed by atoms with van der Waals surface area (Å²) >= 11 is 5.84. The highest BCUT2D eigenvalue weighted by molar-refractivity contribution is 6.30. The van der Waals surface area contributed by atoms with Crippen LogP contribution in [0.5, 0.6) is 5.75 Å². The van der Waals surface area contributed by atoms with Gasteiger partial charge in [0.1, 0.15) is 18.1 Å². The van der Waals surface area contributed by atoms with Crippen molar-refractivity contribution in [1.29, 1.82) is 0 Å². The van der Waals surface area contributed by atoms with Crippen molar-refractivity contribution >= 4 is 29.1 Å². The number of halogens is 1. The summed E-state index contributed by atoms with van der Waals surface area (Å²) in [6.07, 6.45) is 5.73. The topological polar surface area (TPSA) is 87.3 Å². The molecule has 7 nitrogen and oxygen atoms in total. The van der Waals surface area contributed by atoms with Crippen LogP contribution >= 0.6 is 11.6 Å². The maximum absolute atomic E-state index is 12.3. The van der Waals surface area contributed by atoms with Crippen molar-refractivity contribution in [2.24, 2.45) is 0 Å². The van der Waals surface area contributed by atoms with Gasteiger partial charge in [-0.05, 0) is 48.0 Å². The average Bonchev–Trinajstić information content (AvgIpc) is 3.16. The van der Waals surface area contributed by atoms with E-state index in [0.717, 1.165) is 11.1 Å². The Bertz CT molecular complexity index is 1040. The van der Waals surface area contributed by atoms with Gasteiger partial charge in [0.05, 0.1) is 18.6 Å². The molecule has 2 aromatic carbocycles. The van der Waals surface area contributed by atoms with Gasteiger partial charge in [-0.3, -0.25) is 19.6 Å². The molecular weight excluding hydrogens is 382 g/mol. The summed E-state index contributed by atoms with van der Waals surface area (Å²) in [5, 5.41) is 15.4. The second-order valence-corrected chi connectivity index (χ2v) is 6.37. The standard InChI is InChI=1S/C20H16ClN3O4/c1-28-20-9-3-14(2-8-19(25)15-4-6-17(21)7-5-15)10-16(20)12-23-13-18(11-22-23)24(26)27/h2-11,13H,12H2,1H3/b8-2+. The van der Waals surface area contributed by atoms with E-state index < -0.39 is 4.92 Å². The highest BCUT2D eigenvalue weighted by atomic mass is 35.5. The molecule has 8 heteroatoms. The molecule has 0 aliphatic rings. The molecule has 0 N–H and O–H groups in total. The third-order valence-corrected chi connectivity index (χ3v) is 4.28. The van der Waals surface area contributed by atoms with Crippen LogP contribution in [0.15, 0.2) is 60.9 Å². The highest BCUT2D eigenvalue weighted by Gasteiger charge is 2.11. The number of allylic oxidation sites excluding steroid dienone is 1. The first-order valence-electron chi connectivity index (χ1n) is 8.28. The summed E-state index contributed by atoms with van der Waals surface area (Å²) in [7, 11) is 1.55. The van der Waals surface area contributed by atoms with E-state index in [2.05, 4.69) is 5.10 Å². The number of carbonyl (C=O) groups excluding carboxylic acids is 1. The number of hydrogen-bond acceptors (Lipinski definition) is 5. The van der Waals surface area contributed by atoms with E-state index in [9.17, 15) is 14.9 Å². The largest absolute Gasteiger partial charge is 0.496 e. The Labute approximate surface area is 166 Å². The lowest BCUT2D eigenvalue weighted by atomic mass is 10.1. The predicted molar refractivity (Wildman–Crippen MR) is 106 cm³/mol. The Morgan fingerprint density at radius 2 is 2.04 bits per heavy atom. The Hall–Kier alpha value is -3.45. The van der Waals surface area contributed by atoms with Crippen molar-refractivity contribution in [2.75, 3.05) is 7.11 Å². The molecule has 0 amide bonds. The van der Waals surface area contributed by atoms with Gasteiger partial charge < -0.3 is 4.74 Å². The minimum atomic E-state index is -0.498. The molecule has 0 atom stereocenters. The van der Waals surface area contributed by atoms with E-state index >= 15 is 0 Å². The van der Waals surface area contributed by atoms with Crippen LogP contribution in [0, 0.1) is 10.1 Å². The van der Waals surface area contributed by atoms with Crippen molar-refractivity contribution in [3.05, 3.63) is 92.8 Å². The van der Waals surface area contributed by atoms with Gasteiger partial charge in [0.2, 0.25) is 0 Å². The number of methoxy groups -OCH3 is 1. The number of hydrogen-bond donors (Lipinski definition) is 0. The molecule has 3 rings (SSSR count). The molecule has 3 aromatic rings.